The third-order valence-electron chi connectivity index (χ3n) is 5.94. The third-order valence-corrected chi connectivity index (χ3v) is 5.94. The first-order valence-corrected chi connectivity index (χ1v) is 10.5. The van der Waals surface area contributed by atoms with Gasteiger partial charge in [-0.25, -0.2) is 0 Å². The van der Waals surface area contributed by atoms with Gasteiger partial charge >= 0.3 is 0 Å². The predicted octanol–water partition coefficient (Wildman–Crippen LogP) is 7.22. The van der Waals surface area contributed by atoms with Crippen LogP contribution in [0.15, 0.2) is 109 Å². The van der Waals surface area contributed by atoms with Crippen molar-refractivity contribution in [2.45, 2.75) is 6.92 Å². The Morgan fingerprint density at radius 3 is 2.19 bits per heavy atom. The number of rotatable bonds is 4. The topological polar surface area (TPSA) is 17.3 Å². The summed E-state index contributed by atoms with van der Waals surface area (Å²) < 4.78 is 2.33. The second-order valence-corrected chi connectivity index (χ2v) is 7.79. The molecule has 0 saturated carbocycles. The number of fused-ring (bicyclic) bond motifs is 3. The van der Waals surface area contributed by atoms with Gasteiger partial charge in [-0.1, -0.05) is 79.4 Å². The average Bonchev–Trinajstić information content (AvgIpc) is 3.14. The highest BCUT2D eigenvalue weighted by molar-refractivity contribution is 6.32. The molecule has 0 unspecified atom stereocenters. The second-order valence-electron chi connectivity index (χ2n) is 7.79. The fourth-order valence-corrected chi connectivity index (χ4v) is 4.45. The van der Waals surface area contributed by atoms with Crippen LogP contribution >= 0.6 is 0 Å². The molecule has 0 spiro atoms. The predicted molar refractivity (Wildman–Crippen MR) is 133 cm³/mol. The van der Waals surface area contributed by atoms with E-state index in [0.717, 1.165) is 28.1 Å². The highest BCUT2D eigenvalue weighted by Crippen LogP contribution is 2.33. The van der Waals surface area contributed by atoms with E-state index in [1.165, 1.54) is 27.4 Å². The van der Waals surface area contributed by atoms with Gasteiger partial charge in [0.25, 0.3) is 0 Å². The molecule has 2 nitrogen and oxygen atoms in total. The molecule has 0 aliphatic heterocycles. The van der Waals surface area contributed by atoms with Crippen LogP contribution in [-0.2, 0) is 0 Å². The molecule has 0 atom stereocenters. The van der Waals surface area contributed by atoms with Gasteiger partial charge in [0.1, 0.15) is 0 Å². The first-order chi connectivity index (χ1) is 15.2. The quantitative estimate of drug-likeness (QED) is 0.283. The highest BCUT2D eigenvalue weighted by Gasteiger charge is 2.16. The summed E-state index contributed by atoms with van der Waals surface area (Å²) in [6, 6.07) is 34.1. The Bertz CT molecular complexity index is 1450. The van der Waals surface area contributed by atoms with Gasteiger partial charge in [-0.2, -0.15) is 0 Å². The summed E-state index contributed by atoms with van der Waals surface area (Å²) in [5, 5.41) is 2.49. The SMILES string of the molecule is C=C(C(=NC)c1ccc2c3ccccc3n(-c3ccccc3)c2c1)c1ccccc1C. The zero-order valence-electron chi connectivity index (χ0n) is 17.8. The van der Waals surface area contributed by atoms with Crippen LogP contribution < -0.4 is 0 Å². The molecule has 150 valence electrons. The number of aromatic nitrogens is 1. The molecule has 0 bridgehead atoms. The molecule has 1 aromatic heterocycles. The molecule has 5 aromatic rings. The summed E-state index contributed by atoms with van der Waals surface area (Å²) in [6.45, 7) is 6.51. The van der Waals surface area contributed by atoms with Crippen LogP contribution in [-0.4, -0.2) is 17.3 Å². The largest absolute Gasteiger partial charge is 0.309 e. The van der Waals surface area contributed by atoms with E-state index in [1.807, 2.05) is 7.05 Å². The number of aliphatic imine (C=N–C) groups is 1. The zero-order valence-corrected chi connectivity index (χ0v) is 17.8. The van der Waals surface area contributed by atoms with Crippen LogP contribution in [0, 0.1) is 6.92 Å². The maximum atomic E-state index is 4.65. The molecule has 0 saturated heterocycles. The molecule has 0 N–H and O–H groups in total. The van der Waals surface area contributed by atoms with Crippen LogP contribution in [0.3, 0.4) is 0 Å². The van der Waals surface area contributed by atoms with E-state index in [0.29, 0.717) is 0 Å². The molecular weight excluding hydrogens is 376 g/mol. The lowest BCUT2D eigenvalue weighted by molar-refractivity contribution is 1.18. The fourth-order valence-electron chi connectivity index (χ4n) is 4.45. The first kappa shape index (κ1) is 19.1. The Labute approximate surface area is 182 Å². The number of hydrogen-bond donors (Lipinski definition) is 0. The van der Waals surface area contributed by atoms with Crippen LogP contribution in [0.4, 0.5) is 0 Å². The standard InChI is InChI=1S/C29H24N2/c1-20-11-7-8-14-24(20)21(2)29(30-3)22-17-18-26-25-15-9-10-16-27(25)31(28(26)19-22)23-12-5-4-6-13-23/h4-19H,2H2,1,3H3. The maximum Gasteiger partial charge on any atom is 0.0716 e. The van der Waals surface area contributed by atoms with E-state index in [1.54, 1.807) is 0 Å². The lowest BCUT2D eigenvalue weighted by atomic mass is 9.93. The van der Waals surface area contributed by atoms with E-state index in [9.17, 15) is 0 Å². The molecule has 2 heteroatoms. The van der Waals surface area contributed by atoms with Crippen molar-refractivity contribution in [1.82, 2.24) is 4.57 Å². The smallest absolute Gasteiger partial charge is 0.0716 e. The summed E-state index contributed by atoms with van der Waals surface area (Å²) in [4.78, 5) is 4.65. The molecule has 0 amide bonds. The van der Waals surface area contributed by atoms with Gasteiger partial charge in [0.15, 0.2) is 0 Å². The molecule has 5 rings (SSSR count). The van der Waals surface area contributed by atoms with E-state index < -0.39 is 0 Å². The Morgan fingerprint density at radius 2 is 1.42 bits per heavy atom. The van der Waals surface area contributed by atoms with Crippen molar-refractivity contribution in [2.24, 2.45) is 4.99 Å². The molecule has 0 fully saturated rings. The zero-order chi connectivity index (χ0) is 21.4. The second kappa shape index (κ2) is 7.73. The third kappa shape index (κ3) is 3.17. The van der Waals surface area contributed by atoms with Crippen LogP contribution in [0.1, 0.15) is 16.7 Å². The molecule has 4 aromatic carbocycles. The minimum Gasteiger partial charge on any atom is -0.309 e. The maximum absolute atomic E-state index is 4.65. The molecule has 0 aliphatic rings. The number of nitrogens with zero attached hydrogens (tertiary/aromatic N) is 2. The number of para-hydroxylation sites is 2. The van der Waals surface area contributed by atoms with Gasteiger partial charge in [-0.05, 0) is 42.3 Å². The van der Waals surface area contributed by atoms with Gasteiger partial charge in [0, 0.05) is 34.6 Å². The number of aryl methyl sites for hydroxylation is 1. The molecule has 1 heterocycles. The summed E-state index contributed by atoms with van der Waals surface area (Å²) in [5.41, 5.74) is 8.79. The number of benzene rings is 4. The van der Waals surface area contributed by atoms with Crippen molar-refractivity contribution in [1.29, 1.82) is 0 Å². The first-order valence-electron chi connectivity index (χ1n) is 10.5. The van der Waals surface area contributed by atoms with E-state index in [-0.39, 0.29) is 0 Å². The van der Waals surface area contributed by atoms with Crippen LogP contribution in [0.25, 0.3) is 33.1 Å². The van der Waals surface area contributed by atoms with Crippen molar-refractivity contribution in [2.75, 3.05) is 7.05 Å². The monoisotopic (exact) mass is 400 g/mol. The van der Waals surface area contributed by atoms with E-state index >= 15 is 0 Å². The fraction of sp³-hybridized carbons (Fsp3) is 0.0690. The minimum atomic E-state index is 0.918. The van der Waals surface area contributed by atoms with Crippen LogP contribution in [0.5, 0.6) is 0 Å². The van der Waals surface area contributed by atoms with Crippen molar-refractivity contribution in [3.63, 3.8) is 0 Å². The molecule has 31 heavy (non-hydrogen) atoms. The Kier molecular flexibility index (Phi) is 4.76. The van der Waals surface area contributed by atoms with Crippen molar-refractivity contribution < 1.29 is 0 Å². The molecule has 0 aliphatic carbocycles. The lowest BCUT2D eigenvalue weighted by Gasteiger charge is -2.13. The van der Waals surface area contributed by atoms with Gasteiger partial charge in [-0.3, -0.25) is 4.99 Å². The van der Waals surface area contributed by atoms with Crippen LogP contribution in [0.2, 0.25) is 0 Å². The Balaban J connectivity index is 1.74. The highest BCUT2D eigenvalue weighted by atomic mass is 15.0. The molecule has 0 radical (unpaired) electrons. The van der Waals surface area contributed by atoms with Gasteiger partial charge in [0.05, 0.1) is 16.7 Å². The number of hydrogen-bond acceptors (Lipinski definition) is 1. The average molecular weight is 401 g/mol. The van der Waals surface area contributed by atoms with Gasteiger partial charge < -0.3 is 4.57 Å². The number of allylic oxidation sites excluding steroid dienone is 1. The van der Waals surface area contributed by atoms with E-state index in [4.69, 9.17) is 0 Å². The van der Waals surface area contributed by atoms with E-state index in [2.05, 4.69) is 120 Å². The van der Waals surface area contributed by atoms with Crippen molar-refractivity contribution in [3.8, 4) is 5.69 Å². The molecular formula is C29H24N2. The summed E-state index contributed by atoms with van der Waals surface area (Å²) in [6.07, 6.45) is 0. The Hall–Kier alpha value is -3.91. The van der Waals surface area contributed by atoms with Gasteiger partial charge in [0.2, 0.25) is 0 Å². The minimum absolute atomic E-state index is 0.918. The van der Waals surface area contributed by atoms with Crippen molar-refractivity contribution >= 4 is 33.1 Å². The van der Waals surface area contributed by atoms with Crippen molar-refractivity contribution in [3.05, 3.63) is 120 Å². The summed E-state index contributed by atoms with van der Waals surface area (Å²) in [5.74, 6) is 0. The lowest BCUT2D eigenvalue weighted by Crippen LogP contribution is -2.05. The Morgan fingerprint density at radius 1 is 0.742 bits per heavy atom. The summed E-state index contributed by atoms with van der Waals surface area (Å²) in [7, 11) is 1.84. The van der Waals surface area contributed by atoms with Gasteiger partial charge in [-0.15, -0.1) is 0 Å². The summed E-state index contributed by atoms with van der Waals surface area (Å²) >= 11 is 0. The normalized spacial score (nSPS) is 11.9.